The number of carbonyl (C=O) groups excluding carboxylic acids is 1. The summed E-state index contributed by atoms with van der Waals surface area (Å²) < 4.78 is 5.36. The van der Waals surface area contributed by atoms with Crippen LogP contribution >= 0.6 is 0 Å². The predicted molar refractivity (Wildman–Crippen MR) is 50.5 cm³/mol. The van der Waals surface area contributed by atoms with Gasteiger partial charge in [-0.15, -0.1) is 0 Å². The molecule has 0 bridgehead atoms. The van der Waals surface area contributed by atoms with Gasteiger partial charge in [0.05, 0.1) is 19.3 Å². The lowest BCUT2D eigenvalue weighted by Crippen LogP contribution is -2.47. The Morgan fingerprint density at radius 2 is 2.31 bits per heavy atom. The molecule has 1 atom stereocenters. The van der Waals surface area contributed by atoms with E-state index in [2.05, 4.69) is 0 Å². The summed E-state index contributed by atoms with van der Waals surface area (Å²) in [5, 5.41) is 0. The predicted octanol–water partition coefficient (Wildman–Crippen LogP) is -0.205. The Bertz CT molecular complexity index is 182. The number of nitrogens with zero attached hydrogens (tertiary/aromatic N) is 2. The second-order valence-electron chi connectivity index (χ2n) is 3.76. The summed E-state index contributed by atoms with van der Waals surface area (Å²) in [7, 11) is 3.81. The normalized spacial score (nSPS) is 23.7. The van der Waals surface area contributed by atoms with Gasteiger partial charge in [-0.3, -0.25) is 4.79 Å². The van der Waals surface area contributed by atoms with Gasteiger partial charge in [0.2, 0.25) is 5.91 Å². The highest BCUT2D eigenvalue weighted by Gasteiger charge is 2.21. The molecule has 0 radical (unpaired) electrons. The maximum Gasteiger partial charge on any atom is 0.236 e. The van der Waals surface area contributed by atoms with Gasteiger partial charge in [-0.1, -0.05) is 0 Å². The van der Waals surface area contributed by atoms with Gasteiger partial charge in [0.25, 0.3) is 0 Å². The van der Waals surface area contributed by atoms with Gasteiger partial charge in [0, 0.05) is 13.1 Å². The van der Waals surface area contributed by atoms with Crippen LogP contribution in [0.3, 0.4) is 0 Å². The van der Waals surface area contributed by atoms with E-state index in [9.17, 15) is 4.79 Å². The average molecular weight is 186 g/mol. The average Bonchev–Trinajstić information content (AvgIpc) is 2.03. The van der Waals surface area contributed by atoms with Crippen LogP contribution < -0.4 is 0 Å². The summed E-state index contributed by atoms with van der Waals surface area (Å²) in [6, 6.07) is 0. The Balaban J connectivity index is 2.37. The Labute approximate surface area is 79.4 Å². The molecular formula is C9H18N2O2. The van der Waals surface area contributed by atoms with Gasteiger partial charge < -0.3 is 14.5 Å². The van der Waals surface area contributed by atoms with Gasteiger partial charge in [0.1, 0.15) is 0 Å². The molecule has 0 aromatic rings. The minimum absolute atomic E-state index is 0.180. The largest absolute Gasteiger partial charge is 0.375 e. The molecule has 1 aliphatic heterocycles. The molecule has 13 heavy (non-hydrogen) atoms. The monoisotopic (exact) mass is 186 g/mol. The van der Waals surface area contributed by atoms with Gasteiger partial charge in [0.15, 0.2) is 0 Å². The van der Waals surface area contributed by atoms with Crippen LogP contribution in [0, 0.1) is 0 Å². The van der Waals surface area contributed by atoms with Crippen molar-refractivity contribution in [1.82, 2.24) is 9.80 Å². The van der Waals surface area contributed by atoms with E-state index in [0.29, 0.717) is 13.2 Å². The van der Waals surface area contributed by atoms with Crippen molar-refractivity contribution in [3.63, 3.8) is 0 Å². The van der Waals surface area contributed by atoms with E-state index in [1.54, 1.807) is 0 Å². The molecule has 0 aliphatic carbocycles. The first-order valence-electron chi connectivity index (χ1n) is 4.63. The van der Waals surface area contributed by atoms with Crippen LogP contribution in [0.25, 0.3) is 0 Å². The first kappa shape index (κ1) is 10.5. The van der Waals surface area contributed by atoms with Crippen molar-refractivity contribution in [2.24, 2.45) is 0 Å². The molecule has 4 nitrogen and oxygen atoms in total. The third-order valence-corrected chi connectivity index (χ3v) is 2.05. The molecule has 0 N–H and O–H groups in total. The number of hydrogen-bond donors (Lipinski definition) is 0. The van der Waals surface area contributed by atoms with Crippen LogP contribution in [-0.2, 0) is 9.53 Å². The summed E-state index contributed by atoms with van der Waals surface area (Å²) in [4.78, 5) is 15.3. The Hall–Kier alpha value is -0.610. The lowest BCUT2D eigenvalue weighted by atomic mass is 10.3. The summed E-state index contributed by atoms with van der Waals surface area (Å²) in [6.07, 6.45) is 0.180. The van der Waals surface area contributed by atoms with Gasteiger partial charge >= 0.3 is 0 Å². The second-order valence-corrected chi connectivity index (χ2v) is 3.76. The second kappa shape index (κ2) is 4.58. The molecule has 1 amide bonds. The zero-order valence-corrected chi connectivity index (χ0v) is 8.62. The number of hydrogen-bond acceptors (Lipinski definition) is 3. The molecule has 0 aromatic heterocycles. The standard InChI is InChI=1S/C9H18N2O2/c1-8-6-11(4-5-13-8)9(12)7-10(2)3/h8H,4-7H2,1-3H3. The van der Waals surface area contributed by atoms with Crippen LogP contribution in [0.1, 0.15) is 6.92 Å². The van der Waals surface area contributed by atoms with Gasteiger partial charge in [-0.05, 0) is 21.0 Å². The Kier molecular flexibility index (Phi) is 3.69. The lowest BCUT2D eigenvalue weighted by Gasteiger charge is -2.31. The van der Waals surface area contributed by atoms with E-state index in [4.69, 9.17) is 4.74 Å². The van der Waals surface area contributed by atoms with Crippen LogP contribution in [-0.4, -0.2) is 62.1 Å². The fourth-order valence-electron chi connectivity index (χ4n) is 1.42. The van der Waals surface area contributed by atoms with Crippen molar-refractivity contribution in [2.45, 2.75) is 13.0 Å². The zero-order valence-electron chi connectivity index (χ0n) is 8.62. The molecule has 0 aromatic carbocycles. The Morgan fingerprint density at radius 3 is 2.85 bits per heavy atom. The van der Waals surface area contributed by atoms with Crippen LogP contribution in [0.2, 0.25) is 0 Å². The molecule has 1 unspecified atom stereocenters. The van der Waals surface area contributed by atoms with Crippen molar-refractivity contribution in [3.05, 3.63) is 0 Å². The van der Waals surface area contributed by atoms with Gasteiger partial charge in [-0.2, -0.15) is 0 Å². The fraction of sp³-hybridized carbons (Fsp3) is 0.889. The van der Waals surface area contributed by atoms with E-state index >= 15 is 0 Å². The summed E-state index contributed by atoms with van der Waals surface area (Å²) in [6.45, 7) is 4.62. The van der Waals surface area contributed by atoms with E-state index in [0.717, 1.165) is 13.1 Å². The maximum atomic E-state index is 11.6. The highest BCUT2D eigenvalue weighted by molar-refractivity contribution is 5.78. The molecule has 1 rings (SSSR count). The third kappa shape index (κ3) is 3.32. The SMILES string of the molecule is CC1CN(C(=O)CN(C)C)CCO1. The number of ether oxygens (including phenoxy) is 1. The fourth-order valence-corrected chi connectivity index (χ4v) is 1.42. The first-order valence-corrected chi connectivity index (χ1v) is 4.63. The third-order valence-electron chi connectivity index (χ3n) is 2.05. The van der Waals surface area contributed by atoms with Crippen molar-refractivity contribution in [2.75, 3.05) is 40.3 Å². The minimum atomic E-state index is 0.180. The van der Waals surface area contributed by atoms with Crippen LogP contribution in [0.5, 0.6) is 0 Å². The zero-order chi connectivity index (χ0) is 9.84. The lowest BCUT2D eigenvalue weighted by molar-refractivity contribution is -0.138. The van der Waals surface area contributed by atoms with E-state index in [1.807, 2.05) is 30.8 Å². The van der Waals surface area contributed by atoms with E-state index in [-0.39, 0.29) is 12.0 Å². The summed E-state index contributed by atoms with van der Waals surface area (Å²) in [5.41, 5.74) is 0. The van der Waals surface area contributed by atoms with Crippen molar-refractivity contribution >= 4 is 5.91 Å². The smallest absolute Gasteiger partial charge is 0.236 e. The molecule has 1 aliphatic rings. The first-order chi connectivity index (χ1) is 6.09. The van der Waals surface area contributed by atoms with Crippen molar-refractivity contribution in [3.8, 4) is 0 Å². The van der Waals surface area contributed by atoms with Crippen molar-refractivity contribution < 1.29 is 9.53 Å². The molecule has 0 spiro atoms. The molecule has 76 valence electrons. The number of morpholine rings is 1. The quantitative estimate of drug-likeness (QED) is 0.598. The van der Waals surface area contributed by atoms with E-state index in [1.165, 1.54) is 0 Å². The number of likely N-dealkylation sites (N-methyl/N-ethyl adjacent to an activating group) is 1. The number of carbonyl (C=O) groups is 1. The number of amides is 1. The molecule has 4 heteroatoms. The van der Waals surface area contributed by atoms with Crippen LogP contribution in [0.15, 0.2) is 0 Å². The van der Waals surface area contributed by atoms with Crippen molar-refractivity contribution in [1.29, 1.82) is 0 Å². The summed E-state index contributed by atoms with van der Waals surface area (Å²) >= 11 is 0. The highest BCUT2D eigenvalue weighted by Crippen LogP contribution is 2.04. The highest BCUT2D eigenvalue weighted by atomic mass is 16.5. The van der Waals surface area contributed by atoms with Gasteiger partial charge in [-0.25, -0.2) is 0 Å². The molecular weight excluding hydrogens is 168 g/mol. The number of rotatable bonds is 2. The molecule has 1 fully saturated rings. The topological polar surface area (TPSA) is 32.8 Å². The van der Waals surface area contributed by atoms with E-state index < -0.39 is 0 Å². The molecule has 1 heterocycles. The summed E-state index contributed by atoms with van der Waals surface area (Å²) in [5.74, 6) is 0.195. The molecule has 1 saturated heterocycles. The van der Waals surface area contributed by atoms with Crippen LogP contribution in [0.4, 0.5) is 0 Å². The molecule has 0 saturated carbocycles. The maximum absolute atomic E-state index is 11.6. The Morgan fingerprint density at radius 1 is 1.62 bits per heavy atom. The minimum Gasteiger partial charge on any atom is -0.375 e.